The summed E-state index contributed by atoms with van der Waals surface area (Å²) in [5.41, 5.74) is 2.76. The van der Waals surface area contributed by atoms with Crippen LogP contribution in [0.1, 0.15) is 24.5 Å². The number of nitrogens with one attached hydrogen (secondary N) is 1. The fraction of sp³-hybridized carbons (Fsp3) is 0.400. The standard InChI is InChI=1S/C15H19NO2S/c1-3-13-11-12(5-4-9-17)6-7-14(13)16-15(18)8-10-19-2/h6-7,11,17H,3,8-10H2,1-2H3,(H,16,18). The first kappa shape index (κ1) is 15.6. The number of carbonyl (C=O) groups is 1. The lowest BCUT2D eigenvalue weighted by molar-refractivity contribution is -0.115. The molecule has 1 amide bonds. The third-order valence-corrected chi connectivity index (χ3v) is 3.22. The van der Waals surface area contributed by atoms with E-state index in [1.54, 1.807) is 11.8 Å². The smallest absolute Gasteiger partial charge is 0.225 e. The highest BCUT2D eigenvalue weighted by molar-refractivity contribution is 7.98. The average molecular weight is 277 g/mol. The number of carbonyl (C=O) groups excluding carboxylic acids is 1. The first-order valence-electron chi connectivity index (χ1n) is 6.22. The largest absolute Gasteiger partial charge is 0.384 e. The number of anilines is 1. The second-order valence-electron chi connectivity index (χ2n) is 3.98. The molecular weight excluding hydrogens is 258 g/mol. The van der Waals surface area contributed by atoms with Gasteiger partial charge in [-0.1, -0.05) is 18.8 Å². The van der Waals surface area contributed by atoms with Crippen molar-refractivity contribution >= 4 is 23.4 Å². The maximum absolute atomic E-state index is 11.7. The molecule has 0 heterocycles. The van der Waals surface area contributed by atoms with Gasteiger partial charge in [0, 0.05) is 23.4 Å². The number of hydrogen-bond donors (Lipinski definition) is 2. The zero-order valence-electron chi connectivity index (χ0n) is 11.3. The molecule has 0 spiro atoms. The van der Waals surface area contributed by atoms with Gasteiger partial charge in [0.1, 0.15) is 6.61 Å². The first-order valence-corrected chi connectivity index (χ1v) is 7.62. The first-order chi connectivity index (χ1) is 9.21. The molecule has 1 rings (SSSR count). The summed E-state index contributed by atoms with van der Waals surface area (Å²) in [5, 5.41) is 11.6. The zero-order valence-corrected chi connectivity index (χ0v) is 12.1. The molecule has 0 radical (unpaired) electrons. The Balaban J connectivity index is 2.81. The maximum Gasteiger partial charge on any atom is 0.225 e. The van der Waals surface area contributed by atoms with E-state index in [0.717, 1.165) is 29.0 Å². The van der Waals surface area contributed by atoms with Crippen LogP contribution >= 0.6 is 11.8 Å². The summed E-state index contributed by atoms with van der Waals surface area (Å²) < 4.78 is 0. The number of aryl methyl sites for hydroxylation is 1. The molecule has 0 unspecified atom stereocenters. The highest BCUT2D eigenvalue weighted by Gasteiger charge is 2.06. The second-order valence-corrected chi connectivity index (χ2v) is 4.96. The van der Waals surface area contributed by atoms with E-state index in [0.29, 0.717) is 6.42 Å². The Morgan fingerprint density at radius 3 is 2.89 bits per heavy atom. The molecule has 3 nitrogen and oxygen atoms in total. The average Bonchev–Trinajstić information content (AvgIpc) is 2.43. The van der Waals surface area contributed by atoms with Gasteiger partial charge in [-0.15, -0.1) is 0 Å². The van der Waals surface area contributed by atoms with Gasteiger partial charge in [0.05, 0.1) is 0 Å². The Morgan fingerprint density at radius 1 is 1.47 bits per heavy atom. The molecular formula is C15H19NO2S. The normalized spacial score (nSPS) is 9.63. The molecule has 0 aliphatic rings. The highest BCUT2D eigenvalue weighted by Crippen LogP contribution is 2.18. The van der Waals surface area contributed by atoms with Crippen LogP contribution in [0.25, 0.3) is 0 Å². The highest BCUT2D eigenvalue weighted by atomic mass is 32.2. The molecule has 0 aromatic heterocycles. The summed E-state index contributed by atoms with van der Waals surface area (Å²) in [5.74, 6) is 6.35. The molecule has 0 saturated carbocycles. The number of benzene rings is 1. The maximum atomic E-state index is 11.7. The summed E-state index contributed by atoms with van der Waals surface area (Å²) in [6.45, 7) is 1.89. The van der Waals surface area contributed by atoms with Crippen LogP contribution in [0, 0.1) is 11.8 Å². The molecule has 0 aliphatic carbocycles. The van der Waals surface area contributed by atoms with E-state index in [9.17, 15) is 4.79 Å². The predicted octanol–water partition coefficient (Wildman–Crippen LogP) is 2.28. The van der Waals surface area contributed by atoms with Crippen LogP contribution in [-0.4, -0.2) is 29.6 Å². The minimum atomic E-state index is -0.144. The Labute approximate surface area is 118 Å². The van der Waals surface area contributed by atoms with Crippen LogP contribution in [0.2, 0.25) is 0 Å². The van der Waals surface area contributed by atoms with Gasteiger partial charge in [0.25, 0.3) is 0 Å². The van der Waals surface area contributed by atoms with Crippen molar-refractivity contribution in [1.82, 2.24) is 0 Å². The quantitative estimate of drug-likeness (QED) is 0.812. The van der Waals surface area contributed by atoms with E-state index in [2.05, 4.69) is 17.2 Å². The number of rotatable bonds is 5. The minimum absolute atomic E-state index is 0.0400. The molecule has 19 heavy (non-hydrogen) atoms. The van der Waals surface area contributed by atoms with Gasteiger partial charge in [-0.3, -0.25) is 4.79 Å². The van der Waals surface area contributed by atoms with Gasteiger partial charge in [0.15, 0.2) is 0 Å². The molecule has 0 bridgehead atoms. The molecule has 0 fully saturated rings. The van der Waals surface area contributed by atoms with Crippen LogP contribution < -0.4 is 5.32 Å². The van der Waals surface area contributed by atoms with Crippen LogP contribution in [0.3, 0.4) is 0 Å². The number of thioether (sulfide) groups is 1. The Hall–Kier alpha value is -1.44. The van der Waals surface area contributed by atoms with Crippen molar-refractivity contribution in [1.29, 1.82) is 0 Å². The van der Waals surface area contributed by atoms with Gasteiger partial charge in [-0.25, -0.2) is 0 Å². The van der Waals surface area contributed by atoms with E-state index in [-0.39, 0.29) is 12.5 Å². The van der Waals surface area contributed by atoms with E-state index < -0.39 is 0 Å². The fourth-order valence-electron chi connectivity index (χ4n) is 1.63. The Kier molecular flexibility index (Phi) is 7.09. The van der Waals surface area contributed by atoms with E-state index >= 15 is 0 Å². The third-order valence-electron chi connectivity index (χ3n) is 2.61. The van der Waals surface area contributed by atoms with E-state index in [1.165, 1.54) is 0 Å². The number of amides is 1. The van der Waals surface area contributed by atoms with Gasteiger partial charge < -0.3 is 10.4 Å². The third kappa shape index (κ3) is 5.37. The lowest BCUT2D eigenvalue weighted by atomic mass is 10.1. The van der Waals surface area contributed by atoms with Crippen molar-refractivity contribution in [2.24, 2.45) is 0 Å². The van der Waals surface area contributed by atoms with Crippen LogP contribution in [0.5, 0.6) is 0 Å². The van der Waals surface area contributed by atoms with Gasteiger partial charge in [-0.05, 0) is 36.4 Å². The van der Waals surface area contributed by atoms with Crippen LogP contribution in [0.15, 0.2) is 18.2 Å². The molecule has 1 aromatic rings. The minimum Gasteiger partial charge on any atom is -0.384 e. The number of aliphatic hydroxyl groups excluding tert-OH is 1. The zero-order chi connectivity index (χ0) is 14.1. The molecule has 0 aliphatic heterocycles. The molecule has 4 heteroatoms. The Morgan fingerprint density at radius 2 is 2.26 bits per heavy atom. The van der Waals surface area contributed by atoms with Crippen molar-refractivity contribution in [2.45, 2.75) is 19.8 Å². The van der Waals surface area contributed by atoms with Crippen molar-refractivity contribution < 1.29 is 9.90 Å². The molecule has 102 valence electrons. The molecule has 0 saturated heterocycles. The van der Waals surface area contributed by atoms with Gasteiger partial charge in [0.2, 0.25) is 5.91 Å². The summed E-state index contributed by atoms with van der Waals surface area (Å²) in [4.78, 5) is 11.7. The SMILES string of the molecule is CCc1cc(C#CCO)ccc1NC(=O)CCSC. The monoisotopic (exact) mass is 277 g/mol. The number of hydrogen-bond acceptors (Lipinski definition) is 3. The fourth-order valence-corrected chi connectivity index (χ4v) is 2.02. The van der Waals surface area contributed by atoms with Crippen molar-refractivity contribution in [3.63, 3.8) is 0 Å². The molecule has 1 aromatic carbocycles. The van der Waals surface area contributed by atoms with Crippen molar-refractivity contribution in [3.05, 3.63) is 29.3 Å². The predicted molar refractivity (Wildman–Crippen MR) is 81.4 cm³/mol. The summed E-state index contributed by atoms with van der Waals surface area (Å²) in [6.07, 6.45) is 3.34. The summed E-state index contributed by atoms with van der Waals surface area (Å²) >= 11 is 1.66. The van der Waals surface area contributed by atoms with Crippen LogP contribution in [0.4, 0.5) is 5.69 Å². The summed E-state index contributed by atoms with van der Waals surface area (Å²) in [7, 11) is 0. The van der Waals surface area contributed by atoms with Crippen molar-refractivity contribution in [3.8, 4) is 11.8 Å². The van der Waals surface area contributed by atoms with Crippen molar-refractivity contribution in [2.75, 3.05) is 23.9 Å². The van der Waals surface area contributed by atoms with Gasteiger partial charge in [-0.2, -0.15) is 11.8 Å². The molecule has 0 atom stereocenters. The topological polar surface area (TPSA) is 49.3 Å². The second kappa shape index (κ2) is 8.63. The summed E-state index contributed by atoms with van der Waals surface area (Å²) in [6, 6.07) is 5.68. The lowest BCUT2D eigenvalue weighted by Gasteiger charge is -2.10. The molecule has 2 N–H and O–H groups in total. The van der Waals surface area contributed by atoms with E-state index in [4.69, 9.17) is 5.11 Å². The number of aliphatic hydroxyl groups is 1. The Bertz CT molecular complexity index is 489. The van der Waals surface area contributed by atoms with E-state index in [1.807, 2.05) is 31.4 Å². The van der Waals surface area contributed by atoms with Crippen LogP contribution in [-0.2, 0) is 11.2 Å². The lowest BCUT2D eigenvalue weighted by Crippen LogP contribution is -2.13. The van der Waals surface area contributed by atoms with Gasteiger partial charge >= 0.3 is 0 Å².